The summed E-state index contributed by atoms with van der Waals surface area (Å²) in [5, 5.41) is 12.9. The molecule has 200 valence electrons. The fourth-order valence-electron chi connectivity index (χ4n) is 3.12. The molecule has 6 aromatic rings. The minimum Gasteiger partial charge on any atom is -0.476 e. The number of carbonyl (C=O) groups excluding carboxylic acids is 1. The molecule has 0 spiro atoms. The first-order valence-corrected chi connectivity index (χ1v) is 11.2. The molecule has 1 amide bonds. The average molecular weight is 772 g/mol. The van der Waals surface area contributed by atoms with Crippen LogP contribution in [-0.4, -0.2) is 66.6 Å². The number of hydrogen-bond acceptors (Lipinski definition) is 11. The summed E-state index contributed by atoms with van der Waals surface area (Å²) in [4.78, 5) is 53.3. The Bertz CT molecular complexity index is 1710. The Hall–Kier alpha value is -4.86. The molecule has 0 atom stereocenters. The van der Waals surface area contributed by atoms with Crippen molar-refractivity contribution in [3.63, 3.8) is 0 Å². The summed E-state index contributed by atoms with van der Waals surface area (Å²) in [6.45, 7) is 0. The molecule has 6 aromatic heterocycles. The van der Waals surface area contributed by atoms with Crippen LogP contribution in [0.15, 0.2) is 98.4 Å². The summed E-state index contributed by atoms with van der Waals surface area (Å²) < 4.78 is 5.25. The number of nitrogens with one attached hydrogen (secondary N) is 1. The summed E-state index contributed by atoms with van der Waals surface area (Å²) in [5.41, 5.74) is 7.20. The number of aromatic nitrogens is 8. The van der Waals surface area contributed by atoms with Gasteiger partial charge in [-0.25, -0.2) is 24.7 Å². The van der Waals surface area contributed by atoms with Crippen molar-refractivity contribution >= 4 is 53.7 Å². The van der Waals surface area contributed by atoms with E-state index in [4.69, 9.17) is 12.2 Å². The van der Waals surface area contributed by atoms with Gasteiger partial charge >= 0.3 is 5.97 Å². The first kappa shape index (κ1) is 30.7. The molecule has 0 saturated heterocycles. The van der Waals surface area contributed by atoms with Gasteiger partial charge in [0.05, 0.1) is 12.4 Å². The number of aromatic carboxylic acids is 1. The molecular weight excluding hydrogens is 749 g/mol. The first-order valence-electron chi connectivity index (χ1n) is 11.8. The van der Waals surface area contributed by atoms with Gasteiger partial charge in [0.25, 0.3) is 5.91 Å². The second-order valence-electron chi connectivity index (χ2n) is 7.45. The molecule has 0 fully saturated rings. The topological polar surface area (TPSA) is 196 Å². The molecule has 0 aliphatic rings. The monoisotopic (exact) mass is 772 g/mol. The van der Waals surface area contributed by atoms with E-state index in [2.05, 4.69) is 53.6 Å². The Kier molecular flexibility index (Phi) is 12.2. The molecular formula is C26H21BN10O3U. The van der Waals surface area contributed by atoms with Gasteiger partial charge in [0.1, 0.15) is 22.5 Å². The van der Waals surface area contributed by atoms with Gasteiger partial charge in [0.15, 0.2) is 11.5 Å². The first-order chi connectivity index (χ1) is 20.0. The third-order valence-electron chi connectivity index (χ3n) is 4.88. The van der Waals surface area contributed by atoms with Crippen molar-refractivity contribution in [1.82, 2.24) is 39.9 Å². The van der Waals surface area contributed by atoms with E-state index >= 15 is 0 Å². The fourth-order valence-corrected chi connectivity index (χ4v) is 3.12. The predicted molar refractivity (Wildman–Crippen MR) is 150 cm³/mol. The van der Waals surface area contributed by atoms with Crippen molar-refractivity contribution < 1.29 is 45.8 Å². The number of rotatable bonds is 3. The van der Waals surface area contributed by atoms with Crippen LogP contribution in [0.2, 0.25) is 0 Å². The molecule has 41 heavy (non-hydrogen) atoms. The van der Waals surface area contributed by atoms with Crippen LogP contribution >= 0.6 is 0 Å². The Morgan fingerprint density at radius 1 is 0.707 bits per heavy atom. The summed E-state index contributed by atoms with van der Waals surface area (Å²) >= 11 is 0. The SMILES string of the molecule is Nc1nccc2cccnc12.O=C(Nc1nccc2cccnc12)c1cnccn1.O=C(O)c1cnccn1.[3H][B].[U]. The molecule has 15 heteroatoms. The van der Waals surface area contributed by atoms with Crippen molar-refractivity contribution in [2.24, 2.45) is 0 Å². The van der Waals surface area contributed by atoms with Gasteiger partial charge in [0.2, 0.25) is 0 Å². The summed E-state index contributed by atoms with van der Waals surface area (Å²) in [5.74, 6) is -0.515. The summed E-state index contributed by atoms with van der Waals surface area (Å²) in [6, 6.07) is 11.3. The van der Waals surface area contributed by atoms with Gasteiger partial charge in [-0.2, -0.15) is 0 Å². The second-order valence-corrected chi connectivity index (χ2v) is 7.45. The Morgan fingerprint density at radius 3 is 1.80 bits per heavy atom. The quantitative estimate of drug-likeness (QED) is 0.223. The van der Waals surface area contributed by atoms with Crippen LogP contribution in [0.25, 0.3) is 21.8 Å². The van der Waals surface area contributed by atoms with Crippen molar-refractivity contribution in [2.75, 3.05) is 11.1 Å². The van der Waals surface area contributed by atoms with Crippen LogP contribution in [0.3, 0.4) is 0 Å². The van der Waals surface area contributed by atoms with Crippen LogP contribution < -0.4 is 11.1 Å². The second kappa shape index (κ2) is 16.3. The number of carbonyl (C=O) groups is 2. The van der Waals surface area contributed by atoms with Gasteiger partial charge in [-0.1, -0.05) is 12.1 Å². The normalized spacial score (nSPS) is 9.61. The molecule has 6 heterocycles. The maximum Gasteiger partial charge on any atom is 0.356 e. The number of carboxylic acid groups (broad SMARTS) is 1. The van der Waals surface area contributed by atoms with E-state index in [0.717, 1.165) is 16.3 Å². The number of fused-ring (bicyclic) bond motifs is 2. The predicted octanol–water partition coefficient (Wildman–Crippen LogP) is 2.41. The van der Waals surface area contributed by atoms with Gasteiger partial charge in [-0.3, -0.25) is 24.7 Å². The Labute approximate surface area is 260 Å². The Balaban J connectivity index is 0.000000229. The van der Waals surface area contributed by atoms with Crippen molar-refractivity contribution in [3.05, 3.63) is 110 Å². The molecule has 0 unspecified atom stereocenters. The third kappa shape index (κ3) is 9.09. The van der Waals surface area contributed by atoms with Gasteiger partial charge < -0.3 is 16.2 Å². The van der Waals surface area contributed by atoms with E-state index in [1.165, 1.54) is 37.2 Å². The zero-order valence-corrected chi connectivity index (χ0v) is 25.4. The van der Waals surface area contributed by atoms with E-state index in [-0.39, 0.29) is 48.4 Å². The number of nitrogens with zero attached hydrogens (tertiary/aromatic N) is 8. The van der Waals surface area contributed by atoms with E-state index in [1.54, 1.807) is 24.8 Å². The zero-order valence-electron chi connectivity index (χ0n) is 22.2. The van der Waals surface area contributed by atoms with Crippen LogP contribution in [0, 0.1) is 31.1 Å². The van der Waals surface area contributed by atoms with Crippen LogP contribution in [0.1, 0.15) is 21.0 Å². The fraction of sp³-hybridized carbons (Fsp3) is 0. The molecule has 0 bridgehead atoms. The molecule has 2 radical (unpaired) electrons. The zero-order chi connectivity index (χ0) is 29.5. The van der Waals surface area contributed by atoms with E-state index in [0.29, 0.717) is 17.2 Å². The smallest absolute Gasteiger partial charge is 0.356 e. The van der Waals surface area contributed by atoms with Crippen molar-refractivity contribution in [1.29, 1.82) is 1.34 Å². The number of pyridine rings is 4. The molecule has 13 nitrogen and oxygen atoms in total. The molecule has 0 aliphatic heterocycles. The maximum atomic E-state index is 12.0. The number of anilines is 2. The van der Waals surface area contributed by atoms with Crippen LogP contribution in [0.4, 0.5) is 11.6 Å². The Morgan fingerprint density at radius 2 is 1.27 bits per heavy atom. The number of carboxylic acids is 1. The summed E-state index contributed by atoms with van der Waals surface area (Å²) in [7, 11) is 3.75. The number of amides is 1. The molecule has 0 aliphatic carbocycles. The van der Waals surface area contributed by atoms with E-state index in [1.807, 2.05) is 36.4 Å². The minimum absolute atomic E-state index is 0. The van der Waals surface area contributed by atoms with Gasteiger partial charge in [0, 0.05) is 99.8 Å². The number of hydrogen-bond donors (Lipinski definition) is 3. The standard InChI is InChI=1S/C13H9N5O.C8H7N3.C5H4N2O2.BH.U/c19-13(10-8-14-6-7-15-10)18-12-11-9(3-5-17-12)2-1-4-16-11;9-8-7-6(3-5-11-8)2-1-4-10-7;8-5(9)4-3-6-1-2-7-4;;/h1-8H,(H,17,18,19);1-5H,(H2,9,11);1-3H,(H,8,9);1H;/i;;;1T;. The van der Waals surface area contributed by atoms with Crippen molar-refractivity contribution in [2.45, 2.75) is 0 Å². The van der Waals surface area contributed by atoms with Crippen LogP contribution in [-0.2, 0) is 0 Å². The number of nitrogen functional groups attached to an aromatic ring is 1. The van der Waals surface area contributed by atoms with Crippen molar-refractivity contribution in [3.8, 4) is 0 Å². The van der Waals surface area contributed by atoms with E-state index in [9.17, 15) is 9.59 Å². The maximum absolute atomic E-state index is 12.0. The van der Waals surface area contributed by atoms with Gasteiger partial charge in [-0.15, -0.1) is 0 Å². The third-order valence-corrected chi connectivity index (χ3v) is 4.88. The molecule has 6 rings (SSSR count). The number of nitrogens with two attached hydrogens (primary N) is 1. The molecule has 0 saturated carbocycles. The summed E-state index contributed by atoms with van der Waals surface area (Å²) in [6.07, 6.45) is 15.0. The van der Waals surface area contributed by atoms with E-state index < -0.39 is 5.97 Å². The average Bonchev–Trinajstić information content (AvgIpc) is 3.04. The largest absolute Gasteiger partial charge is 0.476 e. The molecule has 4 N–H and O–H groups in total. The van der Waals surface area contributed by atoms with Gasteiger partial charge in [-0.05, 0) is 25.6 Å². The van der Waals surface area contributed by atoms with Crippen LogP contribution in [0.5, 0.6) is 0 Å². The molecule has 0 aromatic carbocycles. The minimum atomic E-state index is -1.05.